The molecule has 0 N–H and O–H groups in total. The minimum atomic E-state index is -5.05. The second kappa shape index (κ2) is 9.52. The Morgan fingerprint density at radius 1 is 1.12 bits per heavy atom. The Morgan fingerprint density at radius 2 is 1.79 bits per heavy atom. The largest absolute Gasteiger partial charge is 0.435 e. The van der Waals surface area contributed by atoms with Gasteiger partial charge in [-0.3, -0.25) is 4.79 Å². The Balaban J connectivity index is 1.96. The normalized spacial score (nSPS) is 18.5. The van der Waals surface area contributed by atoms with Crippen molar-refractivity contribution in [3.05, 3.63) is 67.6 Å². The molecule has 184 valence electrons. The van der Waals surface area contributed by atoms with Gasteiger partial charge in [-0.15, -0.1) is 0 Å². The summed E-state index contributed by atoms with van der Waals surface area (Å²) in [7, 11) is 0. The van der Waals surface area contributed by atoms with Crippen LogP contribution in [-0.2, 0) is 28.0 Å². The molecular weight excluding hydrogens is 598 g/mol. The quantitative estimate of drug-likeness (QED) is 0.334. The lowest BCUT2D eigenvalue weighted by molar-refractivity contribution is -0.276. The Morgan fingerprint density at radius 3 is 2.32 bits per heavy atom. The second-order valence-electron chi connectivity index (χ2n) is 7.70. The molecule has 0 radical (unpaired) electrons. The summed E-state index contributed by atoms with van der Waals surface area (Å²) in [5, 5.41) is 3.61. The topological polar surface area (TPSA) is 41.9 Å². The van der Waals surface area contributed by atoms with Crippen LogP contribution in [0.15, 0.2) is 50.5 Å². The Labute approximate surface area is 208 Å². The number of carbonyl (C=O) groups excluding carboxylic acids is 1. The Hall–Kier alpha value is -2.08. The van der Waals surface area contributed by atoms with Gasteiger partial charge in [-0.25, -0.2) is 0 Å². The summed E-state index contributed by atoms with van der Waals surface area (Å²) in [6.07, 6.45) is -10.7. The van der Waals surface area contributed by atoms with Crippen molar-refractivity contribution in [2.45, 2.75) is 44.8 Å². The molecule has 1 amide bonds. The highest BCUT2D eigenvalue weighted by atomic mass is 79.9. The summed E-state index contributed by atoms with van der Waals surface area (Å²) >= 11 is 6.23. The van der Waals surface area contributed by atoms with Crippen LogP contribution < -0.4 is 0 Å². The van der Waals surface area contributed by atoms with Crippen LogP contribution in [0.4, 0.5) is 26.3 Å². The van der Waals surface area contributed by atoms with Crippen molar-refractivity contribution in [3.63, 3.8) is 0 Å². The molecule has 1 aliphatic rings. The molecule has 34 heavy (non-hydrogen) atoms. The third-order valence-corrected chi connectivity index (χ3v) is 6.65. The maximum Gasteiger partial charge on any atom is 0.435 e. The van der Waals surface area contributed by atoms with Crippen LogP contribution in [0, 0.1) is 0 Å². The van der Waals surface area contributed by atoms with Crippen molar-refractivity contribution in [1.82, 2.24) is 4.90 Å². The van der Waals surface area contributed by atoms with Crippen LogP contribution in [0.25, 0.3) is 0 Å². The van der Waals surface area contributed by atoms with Crippen molar-refractivity contribution in [2.24, 2.45) is 5.16 Å². The van der Waals surface area contributed by atoms with E-state index in [-0.39, 0.29) is 16.1 Å². The molecule has 1 heterocycles. The van der Waals surface area contributed by atoms with E-state index in [1.54, 1.807) is 17.0 Å². The maximum atomic E-state index is 14.2. The van der Waals surface area contributed by atoms with Crippen LogP contribution in [0.1, 0.15) is 42.5 Å². The number of oxime groups is 1. The third-order valence-electron chi connectivity index (χ3n) is 5.45. The predicted octanol–water partition coefficient (Wildman–Crippen LogP) is 7.18. The number of amides is 1. The molecule has 0 saturated carbocycles. The molecular formula is C22H18Br2F6N2O2. The van der Waals surface area contributed by atoms with Gasteiger partial charge < -0.3 is 9.74 Å². The van der Waals surface area contributed by atoms with Gasteiger partial charge in [0.1, 0.15) is 0 Å². The molecule has 1 unspecified atom stereocenters. The summed E-state index contributed by atoms with van der Waals surface area (Å²) < 4.78 is 82.7. The van der Waals surface area contributed by atoms with E-state index in [0.717, 1.165) is 11.6 Å². The zero-order valence-corrected chi connectivity index (χ0v) is 21.0. The lowest BCUT2D eigenvalue weighted by atomic mass is 9.85. The molecule has 1 aliphatic heterocycles. The highest BCUT2D eigenvalue weighted by molar-refractivity contribution is 9.10. The predicted molar refractivity (Wildman–Crippen MR) is 120 cm³/mol. The number of benzene rings is 2. The molecule has 0 fully saturated rings. The van der Waals surface area contributed by atoms with Gasteiger partial charge in [-0.1, -0.05) is 49.1 Å². The van der Waals surface area contributed by atoms with Gasteiger partial charge in [0.25, 0.3) is 5.60 Å². The number of hydrogen-bond acceptors (Lipinski definition) is 3. The monoisotopic (exact) mass is 614 g/mol. The van der Waals surface area contributed by atoms with Crippen LogP contribution in [0.3, 0.4) is 0 Å². The molecule has 0 bridgehead atoms. The molecule has 3 rings (SSSR count). The highest BCUT2D eigenvalue weighted by Gasteiger charge is 2.62. The van der Waals surface area contributed by atoms with Gasteiger partial charge in [0.2, 0.25) is 5.91 Å². The summed E-state index contributed by atoms with van der Waals surface area (Å²) in [4.78, 5) is 18.1. The van der Waals surface area contributed by atoms with E-state index >= 15 is 0 Å². The van der Waals surface area contributed by atoms with Crippen LogP contribution >= 0.6 is 31.9 Å². The number of rotatable bonds is 5. The molecule has 2 aromatic carbocycles. The zero-order chi connectivity index (χ0) is 25.5. The van der Waals surface area contributed by atoms with E-state index < -0.39 is 35.5 Å². The Kier molecular flexibility index (Phi) is 7.43. The standard InChI is InChI=1S/C22H18Br2F6N2O2/c1-3-32(12(2)33)11-14-5-4-13(6-18(14)24)19-10-20(34-31-19,22(28,29)30)15-7-16(21(25,26)27)9-17(23)8-15/h4-9H,3,10-11H2,1-2H3. The van der Waals surface area contributed by atoms with Gasteiger partial charge in [0.15, 0.2) is 0 Å². The summed E-state index contributed by atoms with van der Waals surface area (Å²) in [6, 6.07) is 6.78. The molecule has 1 atom stereocenters. The lowest BCUT2D eigenvalue weighted by Gasteiger charge is -2.30. The van der Waals surface area contributed by atoms with E-state index in [2.05, 4.69) is 37.0 Å². The third kappa shape index (κ3) is 5.27. The average molecular weight is 616 g/mol. The fourth-order valence-corrected chi connectivity index (χ4v) is 4.55. The second-order valence-corrected chi connectivity index (χ2v) is 9.47. The van der Waals surface area contributed by atoms with E-state index in [9.17, 15) is 31.1 Å². The molecule has 0 aliphatic carbocycles. The number of carbonyl (C=O) groups is 1. The average Bonchev–Trinajstić information content (AvgIpc) is 3.18. The van der Waals surface area contributed by atoms with Crippen molar-refractivity contribution < 1.29 is 36.0 Å². The first kappa shape index (κ1) is 26.5. The fourth-order valence-electron chi connectivity index (χ4n) is 3.55. The van der Waals surface area contributed by atoms with Gasteiger partial charge in [-0.2, -0.15) is 26.3 Å². The van der Waals surface area contributed by atoms with Crippen molar-refractivity contribution in [1.29, 1.82) is 0 Å². The molecule has 4 nitrogen and oxygen atoms in total. The first-order valence-corrected chi connectivity index (χ1v) is 11.5. The number of nitrogens with zero attached hydrogens (tertiary/aromatic N) is 2. The van der Waals surface area contributed by atoms with Gasteiger partial charge in [-0.05, 0) is 36.8 Å². The van der Waals surface area contributed by atoms with E-state index in [0.29, 0.717) is 35.3 Å². The van der Waals surface area contributed by atoms with Crippen LogP contribution in [-0.4, -0.2) is 29.2 Å². The first-order valence-electron chi connectivity index (χ1n) is 9.92. The SMILES string of the molecule is CCN(Cc1ccc(C2=NOC(c3cc(Br)cc(C(F)(F)F)c3)(C(F)(F)F)C2)cc1Br)C(C)=O. The summed E-state index contributed by atoms with van der Waals surface area (Å²) in [6.45, 7) is 4.02. The van der Waals surface area contributed by atoms with Crippen LogP contribution in [0.5, 0.6) is 0 Å². The number of alkyl halides is 6. The first-order chi connectivity index (χ1) is 15.7. The lowest BCUT2D eigenvalue weighted by Crippen LogP contribution is -2.43. The van der Waals surface area contributed by atoms with E-state index in [1.807, 2.05) is 6.92 Å². The van der Waals surface area contributed by atoms with Crippen molar-refractivity contribution in [3.8, 4) is 0 Å². The van der Waals surface area contributed by atoms with Crippen LogP contribution in [0.2, 0.25) is 0 Å². The summed E-state index contributed by atoms with van der Waals surface area (Å²) in [5.74, 6) is -0.130. The number of hydrogen-bond donors (Lipinski definition) is 0. The van der Waals surface area contributed by atoms with E-state index in [1.165, 1.54) is 13.0 Å². The molecule has 2 aromatic rings. The van der Waals surface area contributed by atoms with Crippen molar-refractivity contribution >= 4 is 43.5 Å². The molecule has 0 aromatic heterocycles. The Bertz CT molecular complexity index is 1130. The van der Waals surface area contributed by atoms with Crippen molar-refractivity contribution in [2.75, 3.05) is 6.54 Å². The minimum absolute atomic E-state index is 0.0722. The fraction of sp³-hybridized carbons (Fsp3) is 0.364. The summed E-state index contributed by atoms with van der Waals surface area (Å²) in [5.41, 5.74) is -4.07. The smallest absolute Gasteiger partial charge is 0.374 e. The van der Waals surface area contributed by atoms with Gasteiger partial charge >= 0.3 is 12.4 Å². The zero-order valence-electron chi connectivity index (χ0n) is 17.8. The van der Waals surface area contributed by atoms with E-state index in [4.69, 9.17) is 4.84 Å². The molecule has 12 heteroatoms. The minimum Gasteiger partial charge on any atom is -0.374 e. The number of halogens is 8. The molecule has 0 saturated heterocycles. The van der Waals surface area contributed by atoms with Gasteiger partial charge in [0.05, 0.1) is 11.3 Å². The molecule has 0 spiro atoms. The highest BCUT2D eigenvalue weighted by Crippen LogP contribution is 2.50. The maximum absolute atomic E-state index is 14.2. The van der Waals surface area contributed by atoms with Gasteiger partial charge in [0, 0.05) is 46.5 Å².